The van der Waals surface area contributed by atoms with Crippen LogP contribution in [0.4, 0.5) is 0 Å². The van der Waals surface area contributed by atoms with Gasteiger partial charge in [0.05, 0.1) is 6.61 Å². The Morgan fingerprint density at radius 2 is 2.06 bits per heavy atom. The molecule has 0 saturated heterocycles. The summed E-state index contributed by atoms with van der Waals surface area (Å²) in [7, 11) is -4.27. The van der Waals surface area contributed by atoms with Gasteiger partial charge in [0.15, 0.2) is 0 Å². The molecule has 102 valence electrons. The fraction of sp³-hybridized carbons (Fsp3) is 1.00. The number of hydrogen-bond acceptors (Lipinski definition) is 2. The van der Waals surface area contributed by atoms with E-state index >= 15 is 0 Å². The monoisotopic (exact) mass is 264 g/mol. The normalized spacial score (nSPS) is 30.5. The predicted molar refractivity (Wildman–Crippen MR) is 67.6 cm³/mol. The first-order valence-corrected chi connectivity index (χ1v) is 8.07. The molecular formula is C12H25O4P. The Morgan fingerprint density at radius 3 is 2.65 bits per heavy atom. The molecule has 1 fully saturated rings. The first-order valence-electron chi connectivity index (χ1n) is 6.54. The van der Waals surface area contributed by atoms with Gasteiger partial charge in [-0.15, -0.1) is 0 Å². The summed E-state index contributed by atoms with van der Waals surface area (Å²) in [5.41, 5.74) is 0.417. The lowest BCUT2D eigenvalue weighted by Crippen LogP contribution is -2.28. The zero-order chi connectivity index (χ0) is 12.9. The molecule has 0 aromatic carbocycles. The van der Waals surface area contributed by atoms with Gasteiger partial charge in [0.25, 0.3) is 0 Å². The second-order valence-electron chi connectivity index (χ2n) is 5.58. The van der Waals surface area contributed by atoms with Gasteiger partial charge in [0.2, 0.25) is 0 Å². The molecule has 1 aliphatic rings. The Balaban J connectivity index is 2.19. The molecule has 2 unspecified atom stereocenters. The molecule has 0 aliphatic heterocycles. The van der Waals surface area contributed by atoms with Crippen LogP contribution in [0.1, 0.15) is 58.8 Å². The Hall–Kier alpha value is 0.110. The number of hydrogen-bond donors (Lipinski definition) is 2. The Kier molecular flexibility index (Phi) is 5.65. The summed E-state index contributed by atoms with van der Waals surface area (Å²) in [4.78, 5) is 17.1. The maximum atomic E-state index is 10.5. The molecule has 0 spiro atoms. The maximum Gasteiger partial charge on any atom is 0.469 e. The predicted octanol–water partition coefficient (Wildman–Crippen LogP) is 3.48. The highest BCUT2D eigenvalue weighted by atomic mass is 31.2. The van der Waals surface area contributed by atoms with Crippen molar-refractivity contribution in [2.24, 2.45) is 11.3 Å². The van der Waals surface area contributed by atoms with Crippen LogP contribution in [-0.4, -0.2) is 16.4 Å². The largest absolute Gasteiger partial charge is 0.469 e. The molecule has 1 rings (SSSR count). The van der Waals surface area contributed by atoms with E-state index in [2.05, 4.69) is 18.4 Å². The fourth-order valence-electron chi connectivity index (χ4n) is 2.76. The van der Waals surface area contributed by atoms with E-state index in [4.69, 9.17) is 9.79 Å². The minimum atomic E-state index is -4.27. The van der Waals surface area contributed by atoms with E-state index < -0.39 is 7.82 Å². The van der Waals surface area contributed by atoms with E-state index in [-0.39, 0.29) is 6.61 Å². The lowest BCUT2D eigenvalue weighted by molar-refractivity contribution is 0.110. The molecule has 2 atom stereocenters. The van der Waals surface area contributed by atoms with Crippen molar-refractivity contribution >= 4 is 7.82 Å². The van der Waals surface area contributed by atoms with Crippen molar-refractivity contribution < 1.29 is 18.9 Å². The molecule has 1 aliphatic carbocycles. The highest BCUT2D eigenvalue weighted by molar-refractivity contribution is 7.46. The van der Waals surface area contributed by atoms with E-state index in [1.54, 1.807) is 0 Å². The highest BCUT2D eigenvalue weighted by Crippen LogP contribution is 2.44. The number of phosphoric acid groups is 1. The summed E-state index contributed by atoms with van der Waals surface area (Å²) in [5.74, 6) is 0.763. The van der Waals surface area contributed by atoms with Gasteiger partial charge in [-0.05, 0) is 30.6 Å². The quantitative estimate of drug-likeness (QED) is 0.569. The van der Waals surface area contributed by atoms with Crippen molar-refractivity contribution in [3.05, 3.63) is 0 Å². The summed E-state index contributed by atoms with van der Waals surface area (Å²) in [6.07, 6.45) is 8.12. The second-order valence-corrected chi connectivity index (χ2v) is 6.82. The van der Waals surface area contributed by atoms with Gasteiger partial charge in [0.1, 0.15) is 0 Å². The van der Waals surface area contributed by atoms with Crippen molar-refractivity contribution in [1.82, 2.24) is 0 Å². The van der Waals surface area contributed by atoms with Crippen LogP contribution in [0.5, 0.6) is 0 Å². The van der Waals surface area contributed by atoms with E-state index in [1.807, 2.05) is 0 Å². The second kappa shape index (κ2) is 6.33. The third-order valence-corrected chi connectivity index (χ3v) is 4.75. The molecule has 17 heavy (non-hydrogen) atoms. The lowest BCUT2D eigenvalue weighted by Gasteiger charge is -2.40. The smallest absolute Gasteiger partial charge is 0.303 e. The van der Waals surface area contributed by atoms with E-state index in [1.165, 1.54) is 25.7 Å². The van der Waals surface area contributed by atoms with Crippen LogP contribution in [0, 0.1) is 11.3 Å². The molecule has 0 bridgehead atoms. The number of rotatable bonds is 6. The molecule has 1 saturated carbocycles. The average Bonchev–Trinajstić information content (AvgIpc) is 2.21. The van der Waals surface area contributed by atoms with Gasteiger partial charge in [-0.2, -0.15) is 0 Å². The van der Waals surface area contributed by atoms with Crippen LogP contribution >= 0.6 is 7.82 Å². The first-order chi connectivity index (χ1) is 7.83. The third kappa shape index (κ3) is 5.52. The molecule has 4 nitrogen and oxygen atoms in total. The van der Waals surface area contributed by atoms with Crippen LogP contribution in [0.15, 0.2) is 0 Å². The molecule has 5 heteroatoms. The Morgan fingerprint density at radius 1 is 1.35 bits per heavy atom. The average molecular weight is 264 g/mol. The number of unbranched alkanes of at least 4 members (excludes halogenated alkanes) is 1. The van der Waals surface area contributed by atoms with Crippen molar-refractivity contribution in [3.8, 4) is 0 Å². The van der Waals surface area contributed by atoms with E-state index in [0.717, 1.165) is 25.2 Å². The van der Waals surface area contributed by atoms with Gasteiger partial charge in [-0.1, -0.05) is 39.5 Å². The summed E-state index contributed by atoms with van der Waals surface area (Å²) in [5, 5.41) is 0. The van der Waals surface area contributed by atoms with Crippen LogP contribution in [0.25, 0.3) is 0 Å². The molecule has 2 N–H and O–H groups in total. The topological polar surface area (TPSA) is 66.8 Å². The SMILES string of the molecule is CC1CCCCC1(C)CCCCOP(=O)(O)O. The van der Waals surface area contributed by atoms with Crippen LogP contribution in [-0.2, 0) is 9.09 Å². The van der Waals surface area contributed by atoms with Crippen LogP contribution in [0.3, 0.4) is 0 Å². The third-order valence-electron chi connectivity index (χ3n) is 4.23. The zero-order valence-electron chi connectivity index (χ0n) is 10.9. The van der Waals surface area contributed by atoms with Crippen LogP contribution in [0.2, 0.25) is 0 Å². The lowest BCUT2D eigenvalue weighted by atomic mass is 9.66. The summed E-state index contributed by atoms with van der Waals surface area (Å²) in [6, 6.07) is 0. The minimum absolute atomic E-state index is 0.161. The summed E-state index contributed by atoms with van der Waals surface area (Å²) >= 11 is 0. The zero-order valence-corrected chi connectivity index (χ0v) is 11.8. The number of phosphoric ester groups is 1. The Labute approximate surface area is 104 Å². The van der Waals surface area contributed by atoms with Gasteiger partial charge in [-0.3, -0.25) is 4.52 Å². The van der Waals surface area contributed by atoms with Crippen molar-refractivity contribution in [3.63, 3.8) is 0 Å². The van der Waals surface area contributed by atoms with Crippen molar-refractivity contribution in [2.45, 2.75) is 58.8 Å². The van der Waals surface area contributed by atoms with Crippen LogP contribution < -0.4 is 0 Å². The first kappa shape index (κ1) is 15.2. The fourth-order valence-corrected chi connectivity index (χ4v) is 3.13. The van der Waals surface area contributed by atoms with Gasteiger partial charge in [-0.25, -0.2) is 4.57 Å². The maximum absolute atomic E-state index is 10.5. The molecule has 0 heterocycles. The van der Waals surface area contributed by atoms with E-state index in [0.29, 0.717) is 5.41 Å². The van der Waals surface area contributed by atoms with Crippen molar-refractivity contribution in [1.29, 1.82) is 0 Å². The Bertz CT molecular complexity index is 276. The van der Waals surface area contributed by atoms with Crippen molar-refractivity contribution in [2.75, 3.05) is 6.61 Å². The summed E-state index contributed by atoms with van der Waals surface area (Å²) < 4.78 is 14.9. The molecule has 0 amide bonds. The molecule has 0 radical (unpaired) electrons. The van der Waals surface area contributed by atoms with E-state index in [9.17, 15) is 4.57 Å². The van der Waals surface area contributed by atoms with Gasteiger partial charge in [0, 0.05) is 0 Å². The summed E-state index contributed by atoms with van der Waals surface area (Å²) in [6.45, 7) is 4.83. The molecule has 0 aromatic heterocycles. The molecular weight excluding hydrogens is 239 g/mol. The van der Waals surface area contributed by atoms with Gasteiger partial charge < -0.3 is 9.79 Å². The van der Waals surface area contributed by atoms with Gasteiger partial charge >= 0.3 is 7.82 Å². The highest BCUT2D eigenvalue weighted by Gasteiger charge is 2.32. The standard InChI is InChI=1S/C12H25O4P/c1-11-7-3-4-8-12(11,2)9-5-6-10-16-17(13,14)15/h11H,3-10H2,1-2H3,(H2,13,14,15). The molecule has 0 aromatic rings. The minimum Gasteiger partial charge on any atom is -0.303 e.